The fourth-order valence-corrected chi connectivity index (χ4v) is 5.89. The number of amides is 1. The minimum atomic E-state index is -3.99. The molecule has 7 nitrogen and oxygen atoms in total. The summed E-state index contributed by atoms with van der Waals surface area (Å²) in [5.41, 5.74) is 1.00. The number of piperidine rings is 1. The number of allylic oxidation sites excluding steroid dienone is 1. The Morgan fingerprint density at radius 2 is 1.97 bits per heavy atom. The van der Waals surface area contributed by atoms with Crippen LogP contribution >= 0.6 is 0 Å². The van der Waals surface area contributed by atoms with Crippen molar-refractivity contribution in [3.8, 4) is 5.75 Å². The maximum atomic E-state index is 13.6. The van der Waals surface area contributed by atoms with Crippen molar-refractivity contribution in [1.29, 1.82) is 0 Å². The van der Waals surface area contributed by atoms with Gasteiger partial charge < -0.3 is 9.64 Å². The Hall–Kier alpha value is -2.35. The minimum absolute atomic E-state index is 0.154. The number of rotatable bonds is 3. The molecule has 8 heteroatoms. The van der Waals surface area contributed by atoms with Gasteiger partial charge in [0, 0.05) is 25.2 Å². The van der Waals surface area contributed by atoms with Crippen LogP contribution in [0.4, 0.5) is 0 Å². The molecule has 0 radical (unpaired) electrons. The Balaban J connectivity index is 1.70. The molecule has 3 aliphatic rings. The number of likely N-dealkylation sites (tertiary alicyclic amines) is 1. The molecule has 1 saturated heterocycles. The van der Waals surface area contributed by atoms with Gasteiger partial charge in [0.25, 0.3) is 5.91 Å². The van der Waals surface area contributed by atoms with E-state index in [1.807, 2.05) is 4.90 Å². The summed E-state index contributed by atoms with van der Waals surface area (Å²) in [5.74, 6) is 1.46. The van der Waals surface area contributed by atoms with Crippen LogP contribution in [-0.4, -0.2) is 56.0 Å². The normalized spacial score (nSPS) is 28.3. The van der Waals surface area contributed by atoms with Crippen molar-refractivity contribution < 1.29 is 17.9 Å². The van der Waals surface area contributed by atoms with Crippen LogP contribution < -0.4 is 4.74 Å². The summed E-state index contributed by atoms with van der Waals surface area (Å²) in [5, 5.41) is 0. The van der Waals surface area contributed by atoms with Crippen LogP contribution in [0, 0.1) is 11.8 Å². The smallest absolute Gasteiger partial charge is 0.345 e. The van der Waals surface area contributed by atoms with E-state index in [-0.39, 0.29) is 23.4 Å². The number of hydrogen-bond acceptors (Lipinski definition) is 4. The summed E-state index contributed by atoms with van der Waals surface area (Å²) in [6.07, 6.45) is 6.99. The molecule has 0 spiro atoms. The fourth-order valence-electron chi connectivity index (χ4n) is 4.98. The van der Waals surface area contributed by atoms with E-state index in [1.54, 1.807) is 37.5 Å². The first kappa shape index (κ1) is 20.9. The van der Waals surface area contributed by atoms with Gasteiger partial charge in [-0.1, -0.05) is 31.9 Å². The third kappa shape index (κ3) is 3.73. The Kier molecular flexibility index (Phi) is 5.61. The van der Waals surface area contributed by atoms with Crippen LogP contribution in [0.25, 0.3) is 0 Å². The summed E-state index contributed by atoms with van der Waals surface area (Å²) in [4.78, 5) is 15.5. The number of fused-ring (bicyclic) bond motifs is 1. The van der Waals surface area contributed by atoms with E-state index in [4.69, 9.17) is 4.74 Å². The monoisotopic (exact) mass is 431 g/mol. The van der Waals surface area contributed by atoms with E-state index < -0.39 is 10.2 Å². The third-order valence-electron chi connectivity index (χ3n) is 6.76. The highest BCUT2D eigenvalue weighted by Gasteiger charge is 2.42. The van der Waals surface area contributed by atoms with Crippen LogP contribution in [0.1, 0.15) is 44.6 Å². The largest absolute Gasteiger partial charge is 0.497 e. The van der Waals surface area contributed by atoms with Gasteiger partial charge in [0.2, 0.25) is 0 Å². The number of carbonyl (C=O) groups excluding carboxylic acids is 1. The lowest BCUT2D eigenvalue weighted by atomic mass is 9.72. The van der Waals surface area contributed by atoms with E-state index >= 15 is 0 Å². The first-order chi connectivity index (χ1) is 14.3. The first-order valence-corrected chi connectivity index (χ1v) is 12.0. The number of likely N-dealkylation sites (N-methyl/N-ethyl adjacent to an activating group) is 1. The van der Waals surface area contributed by atoms with Gasteiger partial charge in [0.15, 0.2) is 0 Å². The van der Waals surface area contributed by atoms with Crippen LogP contribution in [0.15, 0.2) is 40.4 Å². The standard InChI is InChI=1S/C22H29N3O4S/c1-15-11-12-25(20-10-5-4-9-18(15)20)22(26)21-14-19(23-30(27,28)24(21)2)16-7-6-8-17(13-16)29-3/h6-8,13-15,18,20H,4-5,9-12H2,1-3H3/t15-,18+,20+/m0/s1. The predicted molar refractivity (Wildman–Crippen MR) is 116 cm³/mol. The molecule has 0 unspecified atom stereocenters. The van der Waals surface area contributed by atoms with E-state index in [1.165, 1.54) is 13.5 Å². The number of benzene rings is 1. The molecule has 1 saturated carbocycles. The maximum Gasteiger partial charge on any atom is 0.345 e. The Morgan fingerprint density at radius 3 is 2.73 bits per heavy atom. The second-order valence-corrected chi connectivity index (χ2v) is 10.1. The van der Waals surface area contributed by atoms with Gasteiger partial charge in [-0.25, -0.2) is 4.31 Å². The van der Waals surface area contributed by atoms with Crippen molar-refractivity contribution in [3.63, 3.8) is 0 Å². The molecular weight excluding hydrogens is 402 g/mol. The lowest BCUT2D eigenvalue weighted by Gasteiger charge is -2.47. The van der Waals surface area contributed by atoms with Gasteiger partial charge in [-0.05, 0) is 49.3 Å². The molecule has 1 aliphatic carbocycles. The molecule has 1 aromatic carbocycles. The molecule has 2 heterocycles. The van der Waals surface area contributed by atoms with Crippen LogP contribution in [-0.2, 0) is 15.0 Å². The SMILES string of the molecule is COc1cccc(C2=NS(=O)(=O)N(C)C(C(=O)N3CC[C@H](C)[C@H]4CCCC[C@H]43)=C2)c1. The zero-order valence-corrected chi connectivity index (χ0v) is 18.6. The number of hydrogen-bond donors (Lipinski definition) is 0. The van der Waals surface area contributed by atoms with Gasteiger partial charge in [0.05, 0.1) is 12.8 Å². The minimum Gasteiger partial charge on any atom is -0.497 e. The summed E-state index contributed by atoms with van der Waals surface area (Å²) >= 11 is 0. The van der Waals surface area contributed by atoms with Crippen molar-refractivity contribution in [2.75, 3.05) is 20.7 Å². The highest BCUT2D eigenvalue weighted by atomic mass is 32.2. The van der Waals surface area contributed by atoms with Crippen LogP contribution in [0.2, 0.25) is 0 Å². The van der Waals surface area contributed by atoms with E-state index in [0.717, 1.165) is 30.0 Å². The topological polar surface area (TPSA) is 79.3 Å². The van der Waals surface area contributed by atoms with Gasteiger partial charge in [-0.3, -0.25) is 4.79 Å². The highest BCUT2D eigenvalue weighted by molar-refractivity contribution is 7.88. The molecule has 0 aromatic heterocycles. The summed E-state index contributed by atoms with van der Waals surface area (Å²) in [7, 11) is -1.04. The molecule has 162 valence electrons. The molecule has 30 heavy (non-hydrogen) atoms. The molecule has 4 rings (SSSR count). The average Bonchev–Trinajstić information content (AvgIpc) is 2.75. The molecule has 1 aromatic rings. The molecule has 3 atom stereocenters. The first-order valence-electron chi connectivity index (χ1n) is 10.6. The summed E-state index contributed by atoms with van der Waals surface area (Å²) < 4.78 is 35.7. The quantitative estimate of drug-likeness (QED) is 0.737. The lowest BCUT2D eigenvalue weighted by Crippen LogP contribution is -2.54. The molecular formula is C22H29N3O4S. The van der Waals surface area contributed by atoms with Gasteiger partial charge >= 0.3 is 10.2 Å². The van der Waals surface area contributed by atoms with E-state index in [9.17, 15) is 13.2 Å². The number of carbonyl (C=O) groups is 1. The van der Waals surface area contributed by atoms with Crippen LogP contribution in [0.3, 0.4) is 0 Å². The number of nitrogens with zero attached hydrogens (tertiary/aromatic N) is 3. The second-order valence-electron chi connectivity index (χ2n) is 8.46. The average molecular weight is 432 g/mol. The summed E-state index contributed by atoms with van der Waals surface area (Å²) in [6.45, 7) is 2.94. The molecule has 0 N–H and O–H groups in total. The Morgan fingerprint density at radius 1 is 1.20 bits per heavy atom. The highest BCUT2D eigenvalue weighted by Crippen LogP contribution is 2.39. The molecule has 2 aliphatic heterocycles. The zero-order chi connectivity index (χ0) is 21.5. The zero-order valence-electron chi connectivity index (χ0n) is 17.7. The molecule has 1 amide bonds. The molecule has 0 bridgehead atoms. The maximum absolute atomic E-state index is 13.6. The van der Waals surface area contributed by atoms with E-state index in [0.29, 0.717) is 29.7 Å². The Bertz CT molecular complexity index is 1000. The summed E-state index contributed by atoms with van der Waals surface area (Å²) in [6, 6.07) is 7.22. The molecule has 2 fully saturated rings. The number of ether oxygens (including phenoxy) is 1. The van der Waals surface area contributed by atoms with Crippen LogP contribution in [0.5, 0.6) is 5.75 Å². The fraction of sp³-hybridized carbons (Fsp3) is 0.545. The van der Waals surface area contributed by atoms with Crippen molar-refractivity contribution in [3.05, 3.63) is 41.6 Å². The van der Waals surface area contributed by atoms with Crippen molar-refractivity contribution in [2.24, 2.45) is 16.2 Å². The second kappa shape index (κ2) is 8.06. The van der Waals surface area contributed by atoms with Crippen molar-refractivity contribution >= 4 is 21.8 Å². The predicted octanol–water partition coefficient (Wildman–Crippen LogP) is 2.99. The van der Waals surface area contributed by atoms with E-state index in [2.05, 4.69) is 11.3 Å². The Labute approximate surface area is 178 Å². The van der Waals surface area contributed by atoms with Gasteiger partial charge in [-0.15, -0.1) is 4.40 Å². The third-order valence-corrected chi connectivity index (χ3v) is 8.07. The van der Waals surface area contributed by atoms with Gasteiger partial charge in [-0.2, -0.15) is 8.42 Å². The van der Waals surface area contributed by atoms with Crippen molar-refractivity contribution in [2.45, 2.75) is 45.1 Å². The van der Waals surface area contributed by atoms with Gasteiger partial charge in [0.1, 0.15) is 11.4 Å². The number of methoxy groups -OCH3 is 1. The van der Waals surface area contributed by atoms with Crippen molar-refractivity contribution in [1.82, 2.24) is 9.21 Å². The lowest BCUT2D eigenvalue weighted by molar-refractivity contribution is -0.135.